The van der Waals surface area contributed by atoms with E-state index in [-0.39, 0.29) is 12.3 Å². The van der Waals surface area contributed by atoms with Crippen LogP contribution in [-0.2, 0) is 4.79 Å². The Hall–Kier alpha value is -2.03. The molecule has 3 heteroatoms. The van der Waals surface area contributed by atoms with Gasteiger partial charge in [0.15, 0.2) is 0 Å². The predicted molar refractivity (Wildman–Crippen MR) is 73.7 cm³/mol. The number of benzene rings is 2. The van der Waals surface area contributed by atoms with Crippen LogP contribution in [0, 0.1) is 0 Å². The van der Waals surface area contributed by atoms with E-state index in [9.17, 15) is 4.79 Å². The maximum atomic E-state index is 11.0. The second-order valence-electron chi connectivity index (χ2n) is 4.99. The van der Waals surface area contributed by atoms with Crippen LogP contribution in [0.2, 0.25) is 0 Å². The van der Waals surface area contributed by atoms with Crippen LogP contribution >= 0.6 is 0 Å². The minimum atomic E-state index is -0.744. The lowest BCUT2D eigenvalue weighted by Crippen LogP contribution is -2.06. The van der Waals surface area contributed by atoms with E-state index in [1.807, 2.05) is 24.3 Å². The van der Waals surface area contributed by atoms with Gasteiger partial charge in [-0.1, -0.05) is 36.4 Å². The van der Waals surface area contributed by atoms with Gasteiger partial charge in [0.2, 0.25) is 0 Å². The molecule has 0 aliphatic carbocycles. The topological polar surface area (TPSA) is 46.5 Å². The lowest BCUT2D eigenvalue weighted by molar-refractivity contribution is -0.137. The molecule has 1 atom stereocenters. The quantitative estimate of drug-likeness (QED) is 0.893. The average molecular weight is 256 g/mol. The summed E-state index contributed by atoms with van der Waals surface area (Å²) in [6.45, 7) is 0.664. The molecule has 0 saturated heterocycles. The maximum absolute atomic E-state index is 11.0. The van der Waals surface area contributed by atoms with E-state index in [0.29, 0.717) is 6.61 Å². The molecule has 1 N–H and O–H groups in total. The third-order valence-electron chi connectivity index (χ3n) is 3.71. The summed E-state index contributed by atoms with van der Waals surface area (Å²) in [6, 6.07) is 12.2. The first kappa shape index (κ1) is 12.0. The van der Waals surface area contributed by atoms with E-state index in [1.165, 1.54) is 0 Å². The van der Waals surface area contributed by atoms with Gasteiger partial charge in [0.1, 0.15) is 5.75 Å². The summed E-state index contributed by atoms with van der Waals surface area (Å²) in [7, 11) is 0. The van der Waals surface area contributed by atoms with Gasteiger partial charge in [-0.2, -0.15) is 0 Å². The lowest BCUT2D eigenvalue weighted by Gasteiger charge is -2.16. The molecule has 0 fully saturated rings. The van der Waals surface area contributed by atoms with Gasteiger partial charge in [-0.3, -0.25) is 4.79 Å². The molecule has 3 rings (SSSR count). The summed E-state index contributed by atoms with van der Waals surface area (Å²) in [5, 5.41) is 11.3. The van der Waals surface area contributed by atoms with E-state index in [2.05, 4.69) is 12.1 Å². The zero-order valence-electron chi connectivity index (χ0n) is 10.6. The minimum absolute atomic E-state index is 0.0552. The number of aliphatic carboxylic acids is 1. The molecular formula is C16H16O3. The molecule has 0 bridgehead atoms. The van der Waals surface area contributed by atoms with Crippen molar-refractivity contribution < 1.29 is 14.6 Å². The van der Waals surface area contributed by atoms with Crippen molar-refractivity contribution >= 4 is 16.7 Å². The molecular weight excluding hydrogens is 240 g/mol. The molecule has 1 unspecified atom stereocenters. The molecule has 0 saturated carbocycles. The number of carboxylic acids is 1. The number of hydrogen-bond donors (Lipinski definition) is 1. The van der Waals surface area contributed by atoms with Crippen molar-refractivity contribution in [1.82, 2.24) is 0 Å². The fraction of sp³-hybridized carbons (Fsp3) is 0.312. The van der Waals surface area contributed by atoms with Crippen LogP contribution < -0.4 is 4.74 Å². The molecule has 0 radical (unpaired) electrons. The predicted octanol–water partition coefficient (Wildman–Crippen LogP) is 3.57. The SMILES string of the molecule is O=C(O)CC1CCCOc2c1ccc1ccccc21. The first-order chi connectivity index (χ1) is 9.25. The minimum Gasteiger partial charge on any atom is -0.493 e. The van der Waals surface area contributed by atoms with E-state index in [1.54, 1.807) is 0 Å². The lowest BCUT2D eigenvalue weighted by atomic mass is 9.89. The summed E-state index contributed by atoms with van der Waals surface area (Å²) in [5.74, 6) is 0.187. The molecule has 0 amide bonds. The largest absolute Gasteiger partial charge is 0.493 e. The van der Waals surface area contributed by atoms with Gasteiger partial charge < -0.3 is 9.84 Å². The van der Waals surface area contributed by atoms with E-state index < -0.39 is 5.97 Å². The maximum Gasteiger partial charge on any atom is 0.303 e. The number of rotatable bonds is 2. The van der Waals surface area contributed by atoms with Crippen molar-refractivity contribution in [3.8, 4) is 5.75 Å². The fourth-order valence-electron chi connectivity index (χ4n) is 2.82. The van der Waals surface area contributed by atoms with Crippen LogP contribution in [-0.4, -0.2) is 17.7 Å². The highest BCUT2D eigenvalue weighted by atomic mass is 16.5. The molecule has 19 heavy (non-hydrogen) atoms. The fourth-order valence-corrected chi connectivity index (χ4v) is 2.82. The molecule has 3 nitrogen and oxygen atoms in total. The van der Waals surface area contributed by atoms with Crippen molar-refractivity contribution in [3.05, 3.63) is 42.0 Å². The standard InChI is InChI=1S/C16H16O3/c17-15(18)10-12-5-3-9-19-16-13-6-2-1-4-11(13)7-8-14(12)16/h1-2,4,6-8,12H,3,5,9-10H2,(H,17,18). The van der Waals surface area contributed by atoms with Gasteiger partial charge in [0.05, 0.1) is 13.0 Å². The number of fused-ring (bicyclic) bond motifs is 3. The van der Waals surface area contributed by atoms with Crippen molar-refractivity contribution in [2.45, 2.75) is 25.2 Å². The van der Waals surface area contributed by atoms with Crippen LogP contribution in [0.1, 0.15) is 30.7 Å². The first-order valence-corrected chi connectivity index (χ1v) is 6.62. The van der Waals surface area contributed by atoms with E-state index >= 15 is 0 Å². The van der Waals surface area contributed by atoms with Crippen molar-refractivity contribution in [2.75, 3.05) is 6.61 Å². The summed E-state index contributed by atoms with van der Waals surface area (Å²) in [5.41, 5.74) is 1.04. The number of carboxylic acid groups (broad SMARTS) is 1. The summed E-state index contributed by atoms with van der Waals surface area (Å²) >= 11 is 0. The second kappa shape index (κ2) is 4.92. The number of hydrogen-bond acceptors (Lipinski definition) is 2. The van der Waals surface area contributed by atoms with Crippen LogP contribution in [0.3, 0.4) is 0 Å². The monoisotopic (exact) mass is 256 g/mol. The zero-order chi connectivity index (χ0) is 13.2. The van der Waals surface area contributed by atoms with E-state index in [4.69, 9.17) is 9.84 Å². The average Bonchev–Trinajstić information content (AvgIpc) is 2.61. The van der Waals surface area contributed by atoms with Crippen LogP contribution in [0.25, 0.3) is 10.8 Å². The number of carbonyl (C=O) groups is 1. The molecule has 0 spiro atoms. The third kappa shape index (κ3) is 2.28. The van der Waals surface area contributed by atoms with Gasteiger partial charge in [-0.25, -0.2) is 0 Å². The second-order valence-corrected chi connectivity index (χ2v) is 4.99. The van der Waals surface area contributed by atoms with Crippen molar-refractivity contribution in [3.63, 3.8) is 0 Å². The van der Waals surface area contributed by atoms with Crippen molar-refractivity contribution in [1.29, 1.82) is 0 Å². The summed E-state index contributed by atoms with van der Waals surface area (Å²) in [4.78, 5) is 11.0. The van der Waals surface area contributed by atoms with E-state index in [0.717, 1.165) is 34.9 Å². The van der Waals surface area contributed by atoms with Crippen LogP contribution in [0.5, 0.6) is 5.75 Å². The number of ether oxygens (including phenoxy) is 1. The van der Waals surface area contributed by atoms with Gasteiger partial charge >= 0.3 is 5.97 Å². The Morgan fingerprint density at radius 2 is 2.11 bits per heavy atom. The molecule has 1 aliphatic heterocycles. The highest BCUT2D eigenvalue weighted by Gasteiger charge is 2.23. The highest BCUT2D eigenvalue weighted by molar-refractivity contribution is 5.90. The Balaban J connectivity index is 2.14. The van der Waals surface area contributed by atoms with Gasteiger partial charge in [-0.15, -0.1) is 0 Å². The van der Waals surface area contributed by atoms with Crippen LogP contribution in [0.4, 0.5) is 0 Å². The molecule has 2 aromatic carbocycles. The normalized spacial score (nSPS) is 18.4. The summed E-state index contributed by atoms with van der Waals surface area (Å²) < 4.78 is 5.88. The molecule has 1 heterocycles. The molecule has 0 aromatic heterocycles. The van der Waals surface area contributed by atoms with Crippen LogP contribution in [0.15, 0.2) is 36.4 Å². The summed E-state index contributed by atoms with van der Waals surface area (Å²) in [6.07, 6.45) is 1.95. The Kier molecular flexibility index (Phi) is 3.11. The van der Waals surface area contributed by atoms with Gasteiger partial charge in [0, 0.05) is 5.39 Å². The molecule has 1 aliphatic rings. The highest BCUT2D eigenvalue weighted by Crippen LogP contribution is 2.39. The Morgan fingerprint density at radius 3 is 2.95 bits per heavy atom. The molecule has 2 aromatic rings. The van der Waals surface area contributed by atoms with Crippen molar-refractivity contribution in [2.24, 2.45) is 0 Å². The smallest absolute Gasteiger partial charge is 0.303 e. The first-order valence-electron chi connectivity index (χ1n) is 6.62. The van der Waals surface area contributed by atoms with Gasteiger partial charge in [0.25, 0.3) is 0 Å². The third-order valence-corrected chi connectivity index (χ3v) is 3.71. The Labute approximate surface area is 111 Å². The Bertz CT molecular complexity index is 618. The zero-order valence-corrected chi connectivity index (χ0v) is 10.6. The molecule has 98 valence electrons. The van der Waals surface area contributed by atoms with Gasteiger partial charge in [-0.05, 0) is 29.7 Å². The Morgan fingerprint density at radius 1 is 1.26 bits per heavy atom.